The number of ether oxygens (including phenoxy) is 3. The lowest BCUT2D eigenvalue weighted by molar-refractivity contribution is 0.0947. The lowest BCUT2D eigenvalue weighted by atomic mass is 10.1. The van der Waals surface area contributed by atoms with Gasteiger partial charge >= 0.3 is 0 Å². The van der Waals surface area contributed by atoms with Crippen molar-refractivity contribution in [3.63, 3.8) is 0 Å². The summed E-state index contributed by atoms with van der Waals surface area (Å²) in [4.78, 5) is 18.1. The number of pyridine rings is 1. The normalized spacial score (nSPS) is 10.3. The maximum atomic E-state index is 12.7. The van der Waals surface area contributed by atoms with E-state index in [0.29, 0.717) is 29.4 Å². The molecule has 0 radical (unpaired) electrons. The summed E-state index contributed by atoms with van der Waals surface area (Å²) in [5.41, 5.74) is 2.23. The van der Waals surface area contributed by atoms with Gasteiger partial charge in [-0.2, -0.15) is 0 Å². The molecule has 1 amide bonds. The van der Waals surface area contributed by atoms with Gasteiger partial charge in [0.1, 0.15) is 0 Å². The van der Waals surface area contributed by atoms with Gasteiger partial charge in [-0.25, -0.2) is 0 Å². The van der Waals surface area contributed by atoms with Gasteiger partial charge in [0.05, 0.1) is 37.5 Å². The number of carbonyl (C=O) groups is 1. The fourth-order valence-corrected chi connectivity index (χ4v) is 3.39. The Balaban J connectivity index is 1.78. The number of benzene rings is 1. The van der Waals surface area contributed by atoms with Crippen molar-refractivity contribution in [1.82, 2.24) is 10.3 Å². The smallest absolute Gasteiger partial charge is 0.255 e. The largest absolute Gasteiger partial charge is 0.493 e. The molecule has 0 fully saturated rings. The topological polar surface area (TPSA) is 69.7 Å². The van der Waals surface area contributed by atoms with Gasteiger partial charge in [0.15, 0.2) is 11.5 Å². The summed E-state index contributed by atoms with van der Waals surface area (Å²) in [5.74, 6) is 0.961. The molecule has 0 aliphatic rings. The van der Waals surface area contributed by atoms with E-state index >= 15 is 0 Å². The molecule has 0 saturated heterocycles. The minimum atomic E-state index is -0.262. The second kappa shape index (κ2) is 8.55. The number of nitrogens with zero attached hydrogens (tertiary/aromatic N) is 1. The Hall–Kier alpha value is -3.06. The van der Waals surface area contributed by atoms with Crippen LogP contribution in [0, 0.1) is 0 Å². The Morgan fingerprint density at radius 2 is 1.89 bits per heavy atom. The number of methoxy groups -OCH3 is 3. The molecule has 0 spiro atoms. The zero-order valence-corrected chi connectivity index (χ0v) is 16.1. The van der Waals surface area contributed by atoms with Crippen LogP contribution in [0.4, 0.5) is 0 Å². The first kappa shape index (κ1) is 18.7. The van der Waals surface area contributed by atoms with Gasteiger partial charge in [-0.3, -0.25) is 9.78 Å². The average Bonchev–Trinajstić information content (AvgIpc) is 3.25. The van der Waals surface area contributed by atoms with Gasteiger partial charge in [0, 0.05) is 12.7 Å². The number of thiophene rings is 1. The number of nitrogens with one attached hydrogen (secondary N) is 1. The van der Waals surface area contributed by atoms with E-state index in [2.05, 4.69) is 10.3 Å². The molecule has 2 aromatic heterocycles. The first-order valence-corrected chi connectivity index (χ1v) is 9.12. The van der Waals surface area contributed by atoms with Crippen LogP contribution in [0.2, 0.25) is 0 Å². The monoisotopic (exact) mass is 384 g/mol. The molecule has 140 valence electrons. The van der Waals surface area contributed by atoms with Crippen LogP contribution in [0.1, 0.15) is 15.9 Å². The Morgan fingerprint density at radius 3 is 2.56 bits per heavy atom. The molecule has 7 heteroatoms. The highest BCUT2D eigenvalue weighted by Gasteiger charge is 2.20. The molecule has 3 rings (SSSR count). The molecule has 6 nitrogen and oxygen atoms in total. The molecule has 0 aliphatic carbocycles. The molecule has 1 N–H and O–H groups in total. The molecule has 0 aliphatic heterocycles. The van der Waals surface area contributed by atoms with Crippen LogP contribution in [-0.4, -0.2) is 32.2 Å². The summed E-state index contributed by atoms with van der Waals surface area (Å²) in [6.45, 7) is 0.372. The van der Waals surface area contributed by atoms with Crippen LogP contribution in [0.5, 0.6) is 17.2 Å². The average molecular weight is 384 g/mol. The molecular formula is C20H20N2O4S. The van der Waals surface area contributed by atoms with Crippen molar-refractivity contribution in [2.24, 2.45) is 0 Å². The molecule has 2 heterocycles. The maximum Gasteiger partial charge on any atom is 0.255 e. The highest BCUT2D eigenvalue weighted by Crippen LogP contribution is 2.39. The standard InChI is InChI=1S/C20H20N2O4S/c1-24-16-7-6-14(18(25-2)19(16)26-3)20(23)22-12-13-8-9-21-15(11-13)17-5-4-10-27-17/h4-11H,12H2,1-3H3,(H,22,23). The minimum Gasteiger partial charge on any atom is -0.493 e. The van der Waals surface area contributed by atoms with E-state index in [0.717, 1.165) is 16.1 Å². The molecule has 0 atom stereocenters. The number of hydrogen-bond donors (Lipinski definition) is 1. The third-order valence-electron chi connectivity index (χ3n) is 4.00. The van der Waals surface area contributed by atoms with E-state index in [1.54, 1.807) is 29.7 Å². The van der Waals surface area contributed by atoms with Gasteiger partial charge < -0.3 is 19.5 Å². The summed E-state index contributed by atoms with van der Waals surface area (Å²) < 4.78 is 16.0. The van der Waals surface area contributed by atoms with E-state index in [1.807, 2.05) is 29.6 Å². The van der Waals surface area contributed by atoms with E-state index in [9.17, 15) is 4.79 Å². The summed E-state index contributed by atoms with van der Waals surface area (Å²) in [6.07, 6.45) is 1.74. The quantitative estimate of drug-likeness (QED) is 0.672. The SMILES string of the molecule is COc1ccc(C(=O)NCc2ccnc(-c3cccs3)c2)c(OC)c1OC. The summed E-state index contributed by atoms with van der Waals surface area (Å²) in [6, 6.07) is 11.2. The number of amides is 1. The van der Waals surface area contributed by atoms with Crippen molar-refractivity contribution in [2.75, 3.05) is 21.3 Å². The second-order valence-electron chi connectivity index (χ2n) is 5.59. The summed E-state index contributed by atoms with van der Waals surface area (Å²) in [7, 11) is 4.53. The van der Waals surface area contributed by atoms with Crippen molar-refractivity contribution in [2.45, 2.75) is 6.54 Å². The van der Waals surface area contributed by atoms with Crippen molar-refractivity contribution < 1.29 is 19.0 Å². The third kappa shape index (κ3) is 4.03. The maximum absolute atomic E-state index is 12.7. The van der Waals surface area contributed by atoms with Crippen molar-refractivity contribution in [3.05, 3.63) is 59.1 Å². The number of aromatic nitrogens is 1. The Morgan fingerprint density at radius 1 is 1.07 bits per heavy atom. The molecule has 0 bridgehead atoms. The van der Waals surface area contributed by atoms with Gasteiger partial charge in [-0.1, -0.05) is 6.07 Å². The van der Waals surface area contributed by atoms with Crippen LogP contribution in [0.15, 0.2) is 48.0 Å². The second-order valence-corrected chi connectivity index (χ2v) is 6.54. The van der Waals surface area contributed by atoms with Gasteiger partial charge in [-0.05, 0) is 41.3 Å². The van der Waals surface area contributed by atoms with Crippen LogP contribution in [-0.2, 0) is 6.54 Å². The van der Waals surface area contributed by atoms with Crippen LogP contribution < -0.4 is 19.5 Å². The zero-order valence-electron chi connectivity index (χ0n) is 15.3. The van der Waals surface area contributed by atoms with Gasteiger partial charge in [0.25, 0.3) is 5.91 Å². The molecular weight excluding hydrogens is 364 g/mol. The zero-order chi connectivity index (χ0) is 19.2. The predicted octanol–water partition coefficient (Wildman–Crippen LogP) is 3.77. The molecule has 0 saturated carbocycles. The third-order valence-corrected chi connectivity index (χ3v) is 4.89. The van der Waals surface area contributed by atoms with Crippen molar-refractivity contribution >= 4 is 17.2 Å². The Labute approximate surface area is 161 Å². The Kier molecular flexibility index (Phi) is 5.93. The summed E-state index contributed by atoms with van der Waals surface area (Å²) in [5, 5.41) is 4.92. The summed E-state index contributed by atoms with van der Waals surface area (Å²) >= 11 is 1.63. The first-order chi connectivity index (χ1) is 13.2. The lowest BCUT2D eigenvalue weighted by Crippen LogP contribution is -2.23. The number of carbonyl (C=O) groups excluding carboxylic acids is 1. The van der Waals surface area contributed by atoms with Crippen LogP contribution >= 0.6 is 11.3 Å². The molecule has 3 aromatic rings. The molecule has 1 aromatic carbocycles. The predicted molar refractivity (Wildman–Crippen MR) is 105 cm³/mol. The fourth-order valence-electron chi connectivity index (χ4n) is 2.70. The number of hydrogen-bond acceptors (Lipinski definition) is 6. The van der Waals surface area contributed by atoms with E-state index < -0.39 is 0 Å². The van der Waals surface area contributed by atoms with E-state index in [4.69, 9.17) is 14.2 Å². The lowest BCUT2D eigenvalue weighted by Gasteiger charge is -2.15. The van der Waals surface area contributed by atoms with E-state index in [1.165, 1.54) is 21.3 Å². The minimum absolute atomic E-state index is 0.262. The van der Waals surface area contributed by atoms with Gasteiger partial charge in [-0.15, -0.1) is 11.3 Å². The van der Waals surface area contributed by atoms with Crippen LogP contribution in [0.25, 0.3) is 10.6 Å². The molecule has 27 heavy (non-hydrogen) atoms. The number of rotatable bonds is 7. The van der Waals surface area contributed by atoms with Crippen molar-refractivity contribution in [3.8, 4) is 27.8 Å². The first-order valence-electron chi connectivity index (χ1n) is 8.24. The fraction of sp³-hybridized carbons (Fsp3) is 0.200. The molecule has 0 unspecified atom stereocenters. The van der Waals surface area contributed by atoms with E-state index in [-0.39, 0.29) is 5.91 Å². The van der Waals surface area contributed by atoms with Crippen molar-refractivity contribution in [1.29, 1.82) is 0 Å². The highest BCUT2D eigenvalue weighted by molar-refractivity contribution is 7.13. The Bertz CT molecular complexity index is 926. The highest BCUT2D eigenvalue weighted by atomic mass is 32.1. The van der Waals surface area contributed by atoms with Crippen LogP contribution in [0.3, 0.4) is 0 Å². The van der Waals surface area contributed by atoms with Gasteiger partial charge in [0.2, 0.25) is 5.75 Å².